The lowest BCUT2D eigenvalue weighted by Gasteiger charge is -2.37. The van der Waals surface area contributed by atoms with E-state index in [-0.39, 0.29) is 5.92 Å². The van der Waals surface area contributed by atoms with Crippen molar-refractivity contribution >= 4 is 0 Å². The lowest BCUT2D eigenvalue weighted by Crippen LogP contribution is -2.33. The predicted octanol–water partition coefficient (Wildman–Crippen LogP) is 4.05. The zero-order valence-electron chi connectivity index (χ0n) is 9.39. The van der Waals surface area contributed by atoms with Gasteiger partial charge in [0.2, 0.25) is 0 Å². The van der Waals surface area contributed by atoms with Crippen molar-refractivity contribution in [2.45, 2.75) is 53.1 Å². The SMILES string of the molecule is CCC(C)C1CC(C)C(C)C(F)C1. The minimum absolute atomic E-state index is 0.278. The molecule has 0 radical (unpaired) electrons. The molecule has 0 aromatic heterocycles. The lowest BCUT2D eigenvalue weighted by molar-refractivity contribution is 0.0665. The Labute approximate surface area is 81.9 Å². The number of hydrogen-bond acceptors (Lipinski definition) is 0. The van der Waals surface area contributed by atoms with Gasteiger partial charge in [-0.05, 0) is 36.5 Å². The maximum Gasteiger partial charge on any atom is 0.103 e. The summed E-state index contributed by atoms with van der Waals surface area (Å²) in [7, 11) is 0. The molecule has 0 bridgehead atoms. The Hall–Kier alpha value is -0.0700. The molecule has 1 aliphatic rings. The van der Waals surface area contributed by atoms with Crippen LogP contribution < -0.4 is 0 Å². The molecule has 0 aromatic rings. The van der Waals surface area contributed by atoms with Crippen LogP contribution in [-0.4, -0.2) is 6.17 Å². The average molecular weight is 186 g/mol. The molecule has 1 aliphatic carbocycles. The van der Waals surface area contributed by atoms with Crippen LogP contribution in [-0.2, 0) is 0 Å². The van der Waals surface area contributed by atoms with Gasteiger partial charge in [0.1, 0.15) is 6.17 Å². The van der Waals surface area contributed by atoms with Crippen LogP contribution in [0.4, 0.5) is 4.39 Å². The first-order valence-corrected chi connectivity index (χ1v) is 5.70. The Morgan fingerprint density at radius 3 is 2.38 bits per heavy atom. The average Bonchev–Trinajstić information content (AvgIpc) is 2.12. The largest absolute Gasteiger partial charge is 0.247 e. The summed E-state index contributed by atoms with van der Waals surface area (Å²) in [6.45, 7) is 8.73. The molecule has 0 saturated heterocycles. The van der Waals surface area contributed by atoms with E-state index in [4.69, 9.17) is 0 Å². The number of halogens is 1. The van der Waals surface area contributed by atoms with Crippen molar-refractivity contribution in [3.63, 3.8) is 0 Å². The highest BCUT2D eigenvalue weighted by atomic mass is 19.1. The van der Waals surface area contributed by atoms with E-state index in [9.17, 15) is 4.39 Å². The molecule has 0 heterocycles. The van der Waals surface area contributed by atoms with Gasteiger partial charge in [0.05, 0.1) is 0 Å². The molecule has 13 heavy (non-hydrogen) atoms. The fourth-order valence-corrected chi connectivity index (χ4v) is 2.45. The van der Waals surface area contributed by atoms with Gasteiger partial charge in [0.25, 0.3) is 0 Å². The van der Waals surface area contributed by atoms with Gasteiger partial charge in [0.15, 0.2) is 0 Å². The van der Waals surface area contributed by atoms with E-state index in [0.29, 0.717) is 17.8 Å². The van der Waals surface area contributed by atoms with Crippen molar-refractivity contribution in [2.24, 2.45) is 23.7 Å². The number of rotatable bonds is 2. The second kappa shape index (κ2) is 4.43. The van der Waals surface area contributed by atoms with E-state index >= 15 is 0 Å². The summed E-state index contributed by atoms with van der Waals surface area (Å²) in [5.41, 5.74) is 0. The van der Waals surface area contributed by atoms with E-state index in [1.807, 2.05) is 0 Å². The molecule has 0 N–H and O–H groups in total. The molecular formula is C12H23F. The zero-order valence-corrected chi connectivity index (χ0v) is 9.39. The standard InChI is InChI=1S/C12H23F/c1-5-8(2)11-6-9(3)10(4)12(13)7-11/h8-12H,5-7H2,1-4H3. The van der Waals surface area contributed by atoms with E-state index in [2.05, 4.69) is 27.7 Å². The molecule has 0 nitrogen and oxygen atoms in total. The summed E-state index contributed by atoms with van der Waals surface area (Å²) >= 11 is 0. The molecule has 0 amide bonds. The number of alkyl halides is 1. The fraction of sp³-hybridized carbons (Fsp3) is 1.00. The summed E-state index contributed by atoms with van der Waals surface area (Å²) in [6, 6.07) is 0. The third-order valence-corrected chi connectivity index (χ3v) is 4.12. The topological polar surface area (TPSA) is 0 Å². The van der Waals surface area contributed by atoms with Crippen molar-refractivity contribution in [3.05, 3.63) is 0 Å². The van der Waals surface area contributed by atoms with Crippen LogP contribution >= 0.6 is 0 Å². The summed E-state index contributed by atoms with van der Waals surface area (Å²) in [5, 5.41) is 0. The van der Waals surface area contributed by atoms with Crippen molar-refractivity contribution in [3.8, 4) is 0 Å². The van der Waals surface area contributed by atoms with E-state index < -0.39 is 6.17 Å². The first-order valence-electron chi connectivity index (χ1n) is 5.70. The smallest absolute Gasteiger partial charge is 0.103 e. The van der Waals surface area contributed by atoms with Crippen molar-refractivity contribution < 1.29 is 4.39 Å². The molecular weight excluding hydrogens is 163 g/mol. The van der Waals surface area contributed by atoms with Crippen LogP contribution in [0, 0.1) is 23.7 Å². The highest BCUT2D eigenvalue weighted by molar-refractivity contribution is 4.83. The Bertz CT molecular complexity index is 143. The Morgan fingerprint density at radius 2 is 1.92 bits per heavy atom. The van der Waals surface area contributed by atoms with E-state index in [1.165, 1.54) is 12.8 Å². The highest BCUT2D eigenvalue weighted by Gasteiger charge is 2.34. The van der Waals surface area contributed by atoms with Gasteiger partial charge >= 0.3 is 0 Å². The maximum atomic E-state index is 13.6. The van der Waals surface area contributed by atoms with Crippen LogP contribution in [0.15, 0.2) is 0 Å². The van der Waals surface area contributed by atoms with Crippen LogP contribution in [0.2, 0.25) is 0 Å². The first kappa shape index (κ1) is 11.0. The van der Waals surface area contributed by atoms with Crippen LogP contribution in [0.1, 0.15) is 47.0 Å². The summed E-state index contributed by atoms with van der Waals surface area (Å²) in [6.07, 6.45) is 2.68. The quantitative estimate of drug-likeness (QED) is 0.610. The van der Waals surface area contributed by atoms with Crippen molar-refractivity contribution in [1.29, 1.82) is 0 Å². The molecule has 1 saturated carbocycles. The molecule has 78 valence electrons. The second-order valence-corrected chi connectivity index (χ2v) is 4.97. The van der Waals surface area contributed by atoms with Gasteiger partial charge in [0, 0.05) is 0 Å². The number of hydrogen-bond donors (Lipinski definition) is 0. The van der Waals surface area contributed by atoms with Crippen LogP contribution in [0.3, 0.4) is 0 Å². The molecule has 0 spiro atoms. The minimum Gasteiger partial charge on any atom is -0.247 e. The van der Waals surface area contributed by atoms with Gasteiger partial charge in [-0.15, -0.1) is 0 Å². The molecule has 1 heteroatoms. The van der Waals surface area contributed by atoms with Gasteiger partial charge < -0.3 is 0 Å². The summed E-state index contributed by atoms with van der Waals surface area (Å²) in [5.74, 6) is 2.18. The van der Waals surface area contributed by atoms with E-state index in [1.54, 1.807) is 0 Å². The predicted molar refractivity (Wildman–Crippen MR) is 55.4 cm³/mol. The fourth-order valence-electron chi connectivity index (χ4n) is 2.45. The third-order valence-electron chi connectivity index (χ3n) is 4.12. The Balaban J connectivity index is 2.53. The Kier molecular flexibility index (Phi) is 3.75. The zero-order chi connectivity index (χ0) is 10.0. The first-order chi connectivity index (χ1) is 6.06. The Morgan fingerprint density at radius 1 is 1.31 bits per heavy atom. The normalized spacial score (nSPS) is 43.2. The second-order valence-electron chi connectivity index (χ2n) is 4.97. The minimum atomic E-state index is -0.553. The molecule has 0 aliphatic heterocycles. The molecule has 5 atom stereocenters. The van der Waals surface area contributed by atoms with Gasteiger partial charge in [-0.2, -0.15) is 0 Å². The molecule has 1 fully saturated rings. The van der Waals surface area contributed by atoms with Crippen LogP contribution in [0.5, 0.6) is 0 Å². The third kappa shape index (κ3) is 2.45. The molecule has 5 unspecified atom stereocenters. The molecule has 1 rings (SSSR count). The lowest BCUT2D eigenvalue weighted by atomic mass is 9.70. The van der Waals surface area contributed by atoms with Crippen LogP contribution in [0.25, 0.3) is 0 Å². The highest BCUT2D eigenvalue weighted by Crippen LogP contribution is 2.39. The van der Waals surface area contributed by atoms with Crippen molar-refractivity contribution in [1.82, 2.24) is 0 Å². The van der Waals surface area contributed by atoms with Gasteiger partial charge in [-0.25, -0.2) is 4.39 Å². The summed E-state index contributed by atoms with van der Waals surface area (Å²) < 4.78 is 13.6. The van der Waals surface area contributed by atoms with Gasteiger partial charge in [-0.3, -0.25) is 0 Å². The van der Waals surface area contributed by atoms with E-state index in [0.717, 1.165) is 6.42 Å². The molecule has 0 aromatic carbocycles. The summed E-state index contributed by atoms with van der Waals surface area (Å²) in [4.78, 5) is 0. The monoisotopic (exact) mass is 186 g/mol. The van der Waals surface area contributed by atoms with Crippen molar-refractivity contribution in [2.75, 3.05) is 0 Å². The van der Waals surface area contributed by atoms with Gasteiger partial charge in [-0.1, -0.05) is 34.1 Å². The maximum absolute atomic E-state index is 13.6.